The Morgan fingerprint density at radius 1 is 1.35 bits per heavy atom. The van der Waals surface area contributed by atoms with E-state index >= 15 is 0 Å². The van der Waals surface area contributed by atoms with Gasteiger partial charge in [-0.05, 0) is 6.07 Å². The molecular formula is C11H9F3N2O. The SMILES string of the molecule is CCC(=O)c1cccc(C2(C(F)(F)F)N=N2)c1. The van der Waals surface area contributed by atoms with E-state index in [0.717, 1.165) is 0 Å². The summed E-state index contributed by atoms with van der Waals surface area (Å²) in [5, 5.41) is 6.18. The number of hydrogen-bond acceptors (Lipinski definition) is 3. The van der Waals surface area contributed by atoms with Crippen LogP contribution in [0.1, 0.15) is 29.3 Å². The molecule has 0 unspecified atom stereocenters. The minimum absolute atomic E-state index is 0.107. The molecule has 1 heterocycles. The van der Waals surface area contributed by atoms with Gasteiger partial charge in [0.05, 0.1) is 0 Å². The Balaban J connectivity index is 2.38. The van der Waals surface area contributed by atoms with Crippen molar-refractivity contribution in [2.45, 2.75) is 25.2 Å². The number of ketones is 1. The van der Waals surface area contributed by atoms with Crippen LogP contribution in [0.3, 0.4) is 0 Å². The van der Waals surface area contributed by atoms with E-state index in [1.165, 1.54) is 24.3 Å². The third-order valence-corrected chi connectivity index (χ3v) is 2.60. The van der Waals surface area contributed by atoms with Gasteiger partial charge in [0.2, 0.25) is 0 Å². The van der Waals surface area contributed by atoms with Crippen molar-refractivity contribution in [3.8, 4) is 0 Å². The molecule has 6 heteroatoms. The van der Waals surface area contributed by atoms with Gasteiger partial charge in [-0.1, -0.05) is 25.1 Å². The van der Waals surface area contributed by atoms with Crippen LogP contribution >= 0.6 is 0 Å². The molecule has 1 aliphatic rings. The van der Waals surface area contributed by atoms with Gasteiger partial charge in [0.15, 0.2) is 5.78 Å². The Hall–Kier alpha value is -1.72. The molecule has 0 radical (unpaired) electrons. The quantitative estimate of drug-likeness (QED) is 0.748. The average Bonchev–Trinajstić information content (AvgIpc) is 3.08. The second-order valence-corrected chi connectivity index (χ2v) is 3.73. The first-order chi connectivity index (χ1) is 7.90. The summed E-state index contributed by atoms with van der Waals surface area (Å²) in [6.07, 6.45) is -4.31. The summed E-state index contributed by atoms with van der Waals surface area (Å²) in [5.74, 6) is -0.204. The highest BCUT2D eigenvalue weighted by molar-refractivity contribution is 5.96. The molecule has 0 aliphatic carbocycles. The second kappa shape index (κ2) is 3.65. The number of Topliss-reactive ketones (excluding diaryl/α,β-unsaturated/α-hetero) is 1. The predicted molar refractivity (Wildman–Crippen MR) is 53.7 cm³/mol. The van der Waals surface area contributed by atoms with E-state index in [-0.39, 0.29) is 23.3 Å². The second-order valence-electron chi connectivity index (χ2n) is 3.73. The highest BCUT2D eigenvalue weighted by Crippen LogP contribution is 2.52. The molecule has 1 aromatic rings. The van der Waals surface area contributed by atoms with Crippen LogP contribution in [0.4, 0.5) is 13.2 Å². The Bertz CT molecular complexity index is 488. The average molecular weight is 242 g/mol. The first-order valence-corrected chi connectivity index (χ1v) is 5.05. The molecule has 1 aliphatic heterocycles. The largest absolute Gasteiger partial charge is 0.442 e. The first-order valence-electron chi connectivity index (χ1n) is 5.05. The van der Waals surface area contributed by atoms with Gasteiger partial charge in [-0.15, -0.1) is 10.2 Å². The Morgan fingerprint density at radius 3 is 2.47 bits per heavy atom. The monoisotopic (exact) mass is 242 g/mol. The van der Waals surface area contributed by atoms with Crippen molar-refractivity contribution >= 4 is 5.78 Å². The lowest BCUT2D eigenvalue weighted by molar-refractivity contribution is -0.166. The summed E-state index contributed by atoms with van der Waals surface area (Å²) in [4.78, 5) is 11.4. The number of carbonyl (C=O) groups excluding carboxylic acids is 1. The molecule has 0 saturated carbocycles. The van der Waals surface area contributed by atoms with Crippen LogP contribution in [-0.2, 0) is 5.66 Å². The zero-order valence-corrected chi connectivity index (χ0v) is 8.95. The van der Waals surface area contributed by atoms with E-state index in [0.29, 0.717) is 0 Å². The van der Waals surface area contributed by atoms with E-state index < -0.39 is 11.8 Å². The van der Waals surface area contributed by atoms with Crippen LogP contribution in [0.2, 0.25) is 0 Å². The van der Waals surface area contributed by atoms with E-state index in [9.17, 15) is 18.0 Å². The van der Waals surface area contributed by atoms with E-state index in [2.05, 4.69) is 10.2 Å². The van der Waals surface area contributed by atoms with Gasteiger partial charge in [-0.3, -0.25) is 4.79 Å². The standard InChI is InChI=1S/C11H9F3N2O/c1-2-9(17)7-4-3-5-8(6-7)10(15-16-10)11(12,13)14/h3-6H,2H2,1H3. The molecule has 3 nitrogen and oxygen atoms in total. The number of benzene rings is 1. The van der Waals surface area contributed by atoms with E-state index in [4.69, 9.17) is 0 Å². The van der Waals surface area contributed by atoms with Crippen molar-refractivity contribution in [2.24, 2.45) is 10.2 Å². The summed E-state index contributed by atoms with van der Waals surface area (Å²) in [7, 11) is 0. The molecule has 0 aromatic heterocycles. The summed E-state index contributed by atoms with van der Waals surface area (Å²) in [5.41, 5.74) is -2.30. The number of carbonyl (C=O) groups is 1. The fourth-order valence-corrected chi connectivity index (χ4v) is 1.56. The summed E-state index contributed by atoms with van der Waals surface area (Å²) in [6, 6.07) is 5.39. The molecule has 2 rings (SSSR count). The van der Waals surface area contributed by atoms with Crippen molar-refractivity contribution in [1.29, 1.82) is 0 Å². The lowest BCUT2D eigenvalue weighted by Gasteiger charge is -2.15. The Labute approximate surface area is 95.4 Å². The number of rotatable bonds is 3. The smallest absolute Gasteiger partial charge is 0.294 e. The molecule has 0 bridgehead atoms. The van der Waals surface area contributed by atoms with E-state index in [1.54, 1.807) is 6.92 Å². The van der Waals surface area contributed by atoms with Crippen LogP contribution in [0.5, 0.6) is 0 Å². The highest BCUT2D eigenvalue weighted by Gasteiger charge is 2.65. The summed E-state index contributed by atoms with van der Waals surface area (Å²) >= 11 is 0. The number of hydrogen-bond donors (Lipinski definition) is 0. The van der Waals surface area contributed by atoms with Gasteiger partial charge in [0, 0.05) is 17.5 Å². The maximum absolute atomic E-state index is 12.7. The Morgan fingerprint density at radius 2 is 2.00 bits per heavy atom. The van der Waals surface area contributed by atoms with Gasteiger partial charge < -0.3 is 0 Å². The van der Waals surface area contributed by atoms with Crippen molar-refractivity contribution in [3.63, 3.8) is 0 Å². The fraction of sp³-hybridized carbons (Fsp3) is 0.364. The molecule has 90 valence electrons. The minimum atomic E-state index is -4.55. The van der Waals surface area contributed by atoms with Crippen LogP contribution in [-0.4, -0.2) is 12.0 Å². The third kappa shape index (κ3) is 1.83. The zero-order chi connectivity index (χ0) is 12.7. The lowest BCUT2D eigenvalue weighted by atomic mass is 9.98. The van der Waals surface area contributed by atoms with Gasteiger partial charge in [0.25, 0.3) is 0 Å². The molecule has 0 spiro atoms. The number of alkyl halides is 3. The maximum Gasteiger partial charge on any atom is 0.442 e. The number of nitrogens with zero attached hydrogens (tertiary/aromatic N) is 2. The lowest BCUT2D eigenvalue weighted by Crippen LogP contribution is -2.30. The van der Waals surface area contributed by atoms with Gasteiger partial charge in [0.1, 0.15) is 0 Å². The van der Waals surface area contributed by atoms with Crippen molar-refractivity contribution < 1.29 is 18.0 Å². The Kier molecular flexibility index (Phi) is 2.52. The van der Waals surface area contributed by atoms with Gasteiger partial charge in [-0.25, -0.2) is 0 Å². The molecule has 1 aromatic carbocycles. The summed E-state index contributed by atoms with van der Waals surface area (Å²) in [6.45, 7) is 1.65. The topological polar surface area (TPSA) is 41.8 Å². The van der Waals surface area contributed by atoms with Crippen molar-refractivity contribution in [1.82, 2.24) is 0 Å². The molecule has 0 fully saturated rings. The molecule has 0 N–H and O–H groups in total. The molecule has 0 amide bonds. The predicted octanol–water partition coefficient (Wildman–Crippen LogP) is 3.46. The summed E-state index contributed by atoms with van der Waals surface area (Å²) < 4.78 is 38.2. The molecule has 0 atom stereocenters. The highest BCUT2D eigenvalue weighted by atomic mass is 19.4. The maximum atomic E-state index is 12.7. The van der Waals surface area contributed by atoms with Crippen molar-refractivity contribution in [3.05, 3.63) is 35.4 Å². The van der Waals surface area contributed by atoms with Crippen LogP contribution in [0, 0.1) is 0 Å². The van der Waals surface area contributed by atoms with Crippen LogP contribution in [0.25, 0.3) is 0 Å². The fourth-order valence-electron chi connectivity index (χ4n) is 1.56. The van der Waals surface area contributed by atoms with Gasteiger partial charge in [-0.2, -0.15) is 13.2 Å². The van der Waals surface area contributed by atoms with Crippen LogP contribution < -0.4 is 0 Å². The minimum Gasteiger partial charge on any atom is -0.294 e. The molecular weight excluding hydrogens is 233 g/mol. The number of halogens is 3. The van der Waals surface area contributed by atoms with E-state index in [1.807, 2.05) is 0 Å². The molecule has 0 saturated heterocycles. The zero-order valence-electron chi connectivity index (χ0n) is 8.95. The molecule has 17 heavy (non-hydrogen) atoms. The van der Waals surface area contributed by atoms with Crippen LogP contribution in [0.15, 0.2) is 34.5 Å². The first kappa shape index (κ1) is 11.8. The third-order valence-electron chi connectivity index (χ3n) is 2.60. The van der Waals surface area contributed by atoms with Gasteiger partial charge >= 0.3 is 11.8 Å². The normalized spacial score (nSPS) is 16.9. The van der Waals surface area contributed by atoms with Crippen molar-refractivity contribution in [2.75, 3.05) is 0 Å².